The average Bonchev–Trinajstić information content (AvgIpc) is 3.57. The number of hydrazine groups is 1. The van der Waals surface area contributed by atoms with Gasteiger partial charge in [0.25, 0.3) is 5.91 Å². The highest BCUT2D eigenvalue weighted by molar-refractivity contribution is 8.01. The molecule has 16 nitrogen and oxygen atoms in total. The number of fused-ring (bicyclic) bond motifs is 1. The minimum atomic E-state index is -1.30. The molecule has 2 aromatic heterocycles. The molecule has 0 saturated carbocycles. The molecule has 5 N–H and O–H groups in total. The van der Waals surface area contributed by atoms with Crippen molar-refractivity contribution in [3.63, 3.8) is 0 Å². The number of nitrogens with zero attached hydrogens (tertiary/aromatic N) is 4. The quantitative estimate of drug-likeness (QED) is 0.0762. The van der Waals surface area contributed by atoms with E-state index in [2.05, 4.69) is 21.2 Å². The molecule has 3 aliphatic rings. The molecule has 2 aromatic rings. The zero-order valence-corrected chi connectivity index (χ0v) is 23.1. The summed E-state index contributed by atoms with van der Waals surface area (Å²) < 4.78 is 0. The fraction of sp³-hybridized carbons (Fsp3) is 0.273. The number of urea groups is 2. The third-order valence-electron chi connectivity index (χ3n) is 5.99. The molecule has 3 aliphatic heterocycles. The van der Waals surface area contributed by atoms with Crippen LogP contribution in [-0.4, -0.2) is 85.3 Å². The molecule has 3 atom stereocenters. The minimum absolute atomic E-state index is 0.180. The third-order valence-corrected chi connectivity index (χ3v) is 9.27. The topological polar surface area (TPSA) is 217 Å². The Morgan fingerprint density at radius 3 is 2.73 bits per heavy atom. The van der Waals surface area contributed by atoms with Crippen LogP contribution in [0, 0.1) is 5.21 Å². The first-order chi connectivity index (χ1) is 19.6. The van der Waals surface area contributed by atoms with Crippen LogP contribution in [0.25, 0.3) is 0 Å². The predicted octanol–water partition coefficient (Wildman–Crippen LogP) is -0.885. The van der Waals surface area contributed by atoms with Crippen molar-refractivity contribution in [2.24, 2.45) is 0 Å². The number of thioether (sulfide) groups is 2. The Balaban J connectivity index is 1.26. The van der Waals surface area contributed by atoms with Crippen LogP contribution in [0.3, 0.4) is 0 Å². The Labute approximate surface area is 243 Å². The Morgan fingerprint density at radius 1 is 1.27 bits per heavy atom. The number of aromatic nitrogens is 2. The van der Waals surface area contributed by atoms with Gasteiger partial charge < -0.3 is 20.9 Å². The SMILES string of the molecule is O=C1CN(NC(=O)NC(C(=O)N[C@H]2C(=O)N3C(C(=O)O)=C(CSc4ccc[n+]([O-])n4)CSC23)c2cccs2)C(=O)N1. The van der Waals surface area contributed by atoms with E-state index in [-0.39, 0.29) is 17.2 Å². The standard InChI is InChI=1S/C22H20N8O8S3/c31-12-7-28(22(37)23-12)27-21(36)25-14(11-3-2-6-39-11)17(32)24-15-18(33)30-16(20(34)35)10(9-41-19(15)30)8-40-13-4-1-5-29(38)26-13/h1-6,14-15,19H,7-9H2,(H,24,32)(H,34,35)(H,23,31,37)(H2,25,27,36)/t14?,15-,19?/m0/s1. The van der Waals surface area contributed by atoms with E-state index >= 15 is 0 Å². The van der Waals surface area contributed by atoms with Crippen LogP contribution in [0.4, 0.5) is 9.59 Å². The number of carboxylic acids is 1. The highest BCUT2D eigenvalue weighted by Gasteiger charge is 2.54. The fourth-order valence-electron chi connectivity index (χ4n) is 4.17. The van der Waals surface area contributed by atoms with Crippen molar-refractivity contribution in [2.75, 3.05) is 18.1 Å². The van der Waals surface area contributed by atoms with Crippen molar-refractivity contribution in [2.45, 2.75) is 22.5 Å². The summed E-state index contributed by atoms with van der Waals surface area (Å²) in [5.74, 6) is -2.84. The molecule has 0 aliphatic carbocycles. The largest absolute Gasteiger partial charge is 0.594 e. The third kappa shape index (κ3) is 5.91. The molecule has 0 radical (unpaired) electrons. The number of thiophene rings is 1. The zero-order chi connectivity index (χ0) is 29.3. The lowest BCUT2D eigenvalue weighted by Gasteiger charge is -2.49. The number of imide groups is 1. The summed E-state index contributed by atoms with van der Waals surface area (Å²) in [6.45, 7) is -0.395. The number of aliphatic carboxylic acids is 1. The second-order valence-corrected chi connectivity index (χ2v) is 11.7. The molecule has 5 rings (SSSR count). The van der Waals surface area contributed by atoms with E-state index in [1.807, 2.05) is 5.32 Å². The Kier molecular flexibility index (Phi) is 7.99. The lowest BCUT2D eigenvalue weighted by atomic mass is 10.0. The van der Waals surface area contributed by atoms with Gasteiger partial charge >= 0.3 is 18.0 Å². The summed E-state index contributed by atoms with van der Waals surface area (Å²) in [5, 5.41) is 34.2. The summed E-state index contributed by atoms with van der Waals surface area (Å²) in [5.41, 5.74) is 2.47. The summed E-state index contributed by atoms with van der Waals surface area (Å²) in [6, 6.07) is 2.30. The number of carboxylic acid groups (broad SMARTS) is 1. The normalized spacial score (nSPS) is 20.6. The zero-order valence-electron chi connectivity index (χ0n) is 20.6. The van der Waals surface area contributed by atoms with Gasteiger partial charge in [0, 0.05) is 27.5 Å². The first kappa shape index (κ1) is 28.2. The summed E-state index contributed by atoms with van der Waals surface area (Å²) >= 11 is 3.59. The van der Waals surface area contributed by atoms with E-state index in [0.717, 1.165) is 21.7 Å². The van der Waals surface area contributed by atoms with Gasteiger partial charge in [0.15, 0.2) is 5.03 Å². The van der Waals surface area contributed by atoms with E-state index in [0.29, 0.717) is 20.3 Å². The van der Waals surface area contributed by atoms with Crippen LogP contribution >= 0.6 is 34.9 Å². The van der Waals surface area contributed by atoms with Gasteiger partial charge in [-0.25, -0.2) is 24.8 Å². The number of carbonyl (C=O) groups excluding carboxylic acids is 5. The maximum atomic E-state index is 13.3. The number of β-lactam (4-membered cyclic amide) rings is 1. The molecular weight excluding hydrogens is 600 g/mol. The fourth-order valence-corrected chi connectivity index (χ4v) is 7.29. The van der Waals surface area contributed by atoms with Gasteiger partial charge in [0.1, 0.15) is 29.7 Å². The van der Waals surface area contributed by atoms with Crippen LogP contribution in [0.15, 0.2) is 52.1 Å². The molecule has 0 spiro atoms. The highest BCUT2D eigenvalue weighted by Crippen LogP contribution is 2.41. The van der Waals surface area contributed by atoms with Crippen LogP contribution < -0.4 is 26.2 Å². The molecule has 2 saturated heterocycles. The Bertz CT molecular complexity index is 1470. The van der Waals surface area contributed by atoms with Gasteiger partial charge in [0.05, 0.1) is 0 Å². The maximum Gasteiger partial charge on any atom is 0.352 e. The van der Waals surface area contributed by atoms with Crippen LogP contribution in [-0.2, 0) is 19.2 Å². The minimum Gasteiger partial charge on any atom is -0.594 e. The van der Waals surface area contributed by atoms with E-state index in [4.69, 9.17) is 0 Å². The predicted molar refractivity (Wildman–Crippen MR) is 143 cm³/mol. The molecule has 0 bridgehead atoms. The van der Waals surface area contributed by atoms with E-state index in [1.54, 1.807) is 23.6 Å². The van der Waals surface area contributed by atoms with Gasteiger partial charge in [0.2, 0.25) is 18.0 Å². The van der Waals surface area contributed by atoms with Crippen molar-refractivity contribution in [3.05, 3.63) is 57.2 Å². The van der Waals surface area contributed by atoms with Gasteiger partial charge in [-0.1, -0.05) is 22.7 Å². The Morgan fingerprint density at radius 2 is 2.07 bits per heavy atom. The molecule has 41 heavy (non-hydrogen) atoms. The first-order valence-corrected chi connectivity index (χ1v) is 14.7. The van der Waals surface area contributed by atoms with Crippen molar-refractivity contribution in [1.29, 1.82) is 0 Å². The number of hydrogen-bond acceptors (Lipinski definition) is 11. The number of carbonyl (C=O) groups is 6. The second kappa shape index (κ2) is 11.6. The maximum absolute atomic E-state index is 13.3. The monoisotopic (exact) mass is 620 g/mol. The lowest BCUT2D eigenvalue weighted by Crippen LogP contribution is -2.71. The smallest absolute Gasteiger partial charge is 0.352 e. The number of hydrogen-bond donors (Lipinski definition) is 5. The second-order valence-electron chi connectivity index (χ2n) is 8.66. The van der Waals surface area contributed by atoms with Crippen LogP contribution in [0.5, 0.6) is 0 Å². The molecule has 214 valence electrons. The molecule has 19 heteroatoms. The van der Waals surface area contributed by atoms with Crippen LogP contribution in [0.1, 0.15) is 10.9 Å². The highest BCUT2D eigenvalue weighted by atomic mass is 32.2. The molecule has 5 heterocycles. The van der Waals surface area contributed by atoms with E-state index < -0.39 is 59.8 Å². The lowest BCUT2D eigenvalue weighted by molar-refractivity contribution is -0.672. The number of rotatable bonds is 9. The van der Waals surface area contributed by atoms with Crippen molar-refractivity contribution < 1.29 is 38.7 Å². The van der Waals surface area contributed by atoms with Gasteiger partial charge in [-0.2, -0.15) is 0 Å². The van der Waals surface area contributed by atoms with Crippen LogP contribution in [0.2, 0.25) is 0 Å². The van der Waals surface area contributed by atoms with Crippen molar-refractivity contribution in [1.82, 2.24) is 36.4 Å². The molecule has 2 fully saturated rings. The number of amides is 7. The Hall–Kier alpha value is -4.36. The van der Waals surface area contributed by atoms with Crippen molar-refractivity contribution >= 4 is 70.6 Å². The summed E-state index contributed by atoms with van der Waals surface area (Å²) in [7, 11) is 0. The average molecular weight is 621 g/mol. The molecule has 2 unspecified atom stereocenters. The van der Waals surface area contributed by atoms with Crippen molar-refractivity contribution in [3.8, 4) is 0 Å². The summed E-state index contributed by atoms with van der Waals surface area (Å²) in [4.78, 5) is 76.1. The summed E-state index contributed by atoms with van der Waals surface area (Å²) in [6.07, 6.45) is 1.22. The van der Waals surface area contributed by atoms with E-state index in [9.17, 15) is 39.1 Å². The molecule has 7 amide bonds. The van der Waals surface area contributed by atoms with Gasteiger partial charge in [-0.05, 0) is 23.1 Å². The number of nitrogens with one attached hydrogen (secondary N) is 4. The first-order valence-electron chi connectivity index (χ1n) is 11.7. The van der Waals surface area contributed by atoms with Gasteiger partial charge in [-0.15, -0.1) is 23.1 Å². The molecule has 0 aromatic carbocycles. The molecular formula is C22H20N8O8S3. The van der Waals surface area contributed by atoms with Gasteiger partial charge in [-0.3, -0.25) is 24.6 Å². The van der Waals surface area contributed by atoms with E-state index in [1.165, 1.54) is 35.4 Å².